The average molecular weight is 288 g/mol. The predicted octanol–water partition coefficient (Wildman–Crippen LogP) is 2.77. The van der Waals surface area contributed by atoms with Crippen molar-refractivity contribution in [1.29, 1.82) is 0 Å². The van der Waals surface area contributed by atoms with Crippen molar-refractivity contribution in [2.45, 2.75) is 23.9 Å². The third-order valence-electron chi connectivity index (χ3n) is 3.51. The summed E-state index contributed by atoms with van der Waals surface area (Å²) in [6, 6.07) is 0. The van der Waals surface area contributed by atoms with E-state index < -0.39 is 23.9 Å². The number of hydrogen-bond acceptors (Lipinski definition) is 2. The van der Waals surface area contributed by atoms with Crippen molar-refractivity contribution < 1.29 is 17.6 Å². The minimum Gasteiger partial charge on any atom is -0.285 e. The lowest BCUT2D eigenvalue weighted by atomic mass is 9.87. The van der Waals surface area contributed by atoms with E-state index in [9.17, 15) is 17.6 Å². The van der Waals surface area contributed by atoms with Gasteiger partial charge in [0.1, 0.15) is 0 Å². The Balaban J connectivity index is 2.39. The fourth-order valence-corrected chi connectivity index (χ4v) is 2.17. The largest absolute Gasteiger partial charge is 0.285 e. The maximum Gasteiger partial charge on any atom is 0.278 e. The molecule has 6 heteroatoms. The molecule has 0 amide bonds. The molecule has 0 bridgehead atoms. The first-order chi connectivity index (χ1) is 9.24. The summed E-state index contributed by atoms with van der Waals surface area (Å²) in [5.41, 5.74) is -0.139. The van der Waals surface area contributed by atoms with Crippen LogP contribution in [0, 0.1) is 0 Å². The summed E-state index contributed by atoms with van der Waals surface area (Å²) in [6.07, 6.45) is 5.96. The number of nitrogens with one attached hydrogen (secondary N) is 2. The third-order valence-corrected chi connectivity index (χ3v) is 3.51. The van der Waals surface area contributed by atoms with Gasteiger partial charge >= 0.3 is 0 Å². The first-order valence-corrected chi connectivity index (χ1v) is 6.20. The molecule has 0 aliphatic heterocycles. The molecule has 2 aliphatic rings. The van der Waals surface area contributed by atoms with Crippen LogP contribution in [0.3, 0.4) is 0 Å². The van der Waals surface area contributed by atoms with Gasteiger partial charge in [-0.15, -0.1) is 0 Å². The van der Waals surface area contributed by atoms with E-state index in [0.29, 0.717) is 0 Å². The average Bonchev–Trinajstić information content (AvgIpc) is 2.40. The molecule has 110 valence electrons. The maximum absolute atomic E-state index is 14.0. The van der Waals surface area contributed by atoms with E-state index in [0.717, 1.165) is 24.3 Å². The van der Waals surface area contributed by atoms with E-state index in [1.165, 1.54) is 26.2 Å². The van der Waals surface area contributed by atoms with E-state index >= 15 is 0 Å². The van der Waals surface area contributed by atoms with Gasteiger partial charge in [0.05, 0.1) is 6.42 Å². The SMILES string of the molecule is CNC1(F)C=CC(=C2C=CC(F)(NC)CC2(F)F)C=C1. The minimum absolute atomic E-state index is 0.174. The molecule has 0 saturated carbocycles. The highest BCUT2D eigenvalue weighted by atomic mass is 19.3. The fraction of sp³-hybridized carbons (Fsp3) is 0.429. The molecular formula is C14H16F4N2. The van der Waals surface area contributed by atoms with Crippen molar-refractivity contribution in [3.63, 3.8) is 0 Å². The Hall–Kier alpha value is -1.40. The molecule has 0 aromatic heterocycles. The summed E-state index contributed by atoms with van der Waals surface area (Å²) in [7, 11) is 2.70. The number of hydrogen-bond donors (Lipinski definition) is 2. The van der Waals surface area contributed by atoms with Crippen LogP contribution in [-0.4, -0.2) is 31.6 Å². The zero-order valence-corrected chi connectivity index (χ0v) is 11.2. The smallest absolute Gasteiger partial charge is 0.278 e. The van der Waals surface area contributed by atoms with Gasteiger partial charge in [-0.25, -0.2) is 17.6 Å². The predicted molar refractivity (Wildman–Crippen MR) is 69.8 cm³/mol. The highest BCUT2D eigenvalue weighted by molar-refractivity contribution is 5.50. The van der Waals surface area contributed by atoms with Gasteiger partial charge in [0.2, 0.25) is 0 Å². The molecule has 0 radical (unpaired) electrons. The molecular weight excluding hydrogens is 272 g/mol. The van der Waals surface area contributed by atoms with Gasteiger partial charge < -0.3 is 0 Å². The molecule has 0 aromatic carbocycles. The van der Waals surface area contributed by atoms with Crippen LogP contribution in [-0.2, 0) is 0 Å². The molecule has 2 rings (SSSR count). The monoisotopic (exact) mass is 288 g/mol. The van der Waals surface area contributed by atoms with Gasteiger partial charge in [0.15, 0.2) is 11.6 Å². The van der Waals surface area contributed by atoms with E-state index in [-0.39, 0.29) is 11.1 Å². The van der Waals surface area contributed by atoms with Crippen LogP contribution in [0.1, 0.15) is 6.42 Å². The lowest BCUT2D eigenvalue weighted by Gasteiger charge is -2.32. The maximum atomic E-state index is 14.0. The molecule has 0 aromatic rings. The van der Waals surface area contributed by atoms with Crippen LogP contribution in [0.5, 0.6) is 0 Å². The van der Waals surface area contributed by atoms with Gasteiger partial charge in [-0.1, -0.05) is 18.2 Å². The highest BCUT2D eigenvalue weighted by Crippen LogP contribution is 2.42. The molecule has 2 nitrogen and oxygen atoms in total. The molecule has 0 saturated heterocycles. The normalized spacial score (nSPS) is 35.7. The standard InChI is InChI=1S/C14H16F4N2/c1-19-12(15)6-3-10(4-7-12)11-5-8-13(16,20-2)9-14(11,17)18/h3-8,19-20H,9H2,1-2H3. The minimum atomic E-state index is -3.33. The van der Waals surface area contributed by atoms with E-state index in [4.69, 9.17) is 0 Å². The van der Waals surface area contributed by atoms with E-state index in [1.54, 1.807) is 0 Å². The van der Waals surface area contributed by atoms with Gasteiger partial charge in [0, 0.05) is 5.57 Å². The zero-order chi connectivity index (χ0) is 15.0. The Bertz CT molecular complexity index is 503. The number of rotatable bonds is 2. The number of likely N-dealkylation sites (N-methyl/N-ethyl adjacent to an activating group) is 2. The van der Waals surface area contributed by atoms with Crippen LogP contribution in [0.25, 0.3) is 0 Å². The lowest BCUT2D eigenvalue weighted by Crippen LogP contribution is -2.45. The topological polar surface area (TPSA) is 24.1 Å². The number of allylic oxidation sites excluding steroid dienone is 5. The lowest BCUT2D eigenvalue weighted by molar-refractivity contribution is -0.0230. The number of halogens is 4. The van der Waals surface area contributed by atoms with E-state index in [2.05, 4.69) is 10.6 Å². The molecule has 2 N–H and O–H groups in total. The first kappa shape index (κ1) is 15.0. The Morgan fingerprint density at radius 1 is 0.900 bits per heavy atom. The van der Waals surface area contributed by atoms with Crippen molar-refractivity contribution >= 4 is 0 Å². The molecule has 1 unspecified atom stereocenters. The third kappa shape index (κ3) is 2.71. The summed E-state index contributed by atoms with van der Waals surface area (Å²) in [4.78, 5) is 0. The van der Waals surface area contributed by atoms with Crippen LogP contribution >= 0.6 is 0 Å². The van der Waals surface area contributed by atoms with Crippen molar-refractivity contribution in [2.75, 3.05) is 14.1 Å². The van der Waals surface area contributed by atoms with Gasteiger partial charge in [0.25, 0.3) is 5.92 Å². The Morgan fingerprint density at radius 2 is 1.50 bits per heavy atom. The van der Waals surface area contributed by atoms with Crippen molar-refractivity contribution in [3.05, 3.63) is 47.6 Å². The second-order valence-electron chi connectivity index (χ2n) is 4.88. The van der Waals surface area contributed by atoms with Gasteiger partial charge in [-0.3, -0.25) is 10.6 Å². The molecule has 0 fully saturated rings. The fourth-order valence-electron chi connectivity index (χ4n) is 2.17. The summed E-state index contributed by atoms with van der Waals surface area (Å²) >= 11 is 0. The van der Waals surface area contributed by atoms with Crippen LogP contribution < -0.4 is 10.6 Å². The van der Waals surface area contributed by atoms with Crippen LogP contribution in [0.4, 0.5) is 17.6 Å². The van der Waals surface area contributed by atoms with Crippen LogP contribution in [0.15, 0.2) is 47.6 Å². The molecule has 0 heterocycles. The second kappa shape index (κ2) is 4.86. The molecule has 1 atom stereocenters. The second-order valence-corrected chi connectivity index (χ2v) is 4.88. The molecule has 2 aliphatic carbocycles. The summed E-state index contributed by atoms with van der Waals surface area (Å²) in [6.45, 7) is 0. The zero-order valence-electron chi connectivity index (χ0n) is 11.2. The summed E-state index contributed by atoms with van der Waals surface area (Å²) < 4.78 is 55.8. The van der Waals surface area contributed by atoms with Gasteiger partial charge in [-0.05, 0) is 37.9 Å². The van der Waals surface area contributed by atoms with E-state index in [1.807, 2.05) is 0 Å². The van der Waals surface area contributed by atoms with Crippen molar-refractivity contribution in [2.24, 2.45) is 0 Å². The van der Waals surface area contributed by atoms with Crippen molar-refractivity contribution in [3.8, 4) is 0 Å². The van der Waals surface area contributed by atoms with Crippen molar-refractivity contribution in [1.82, 2.24) is 10.6 Å². The Labute approximate surface area is 114 Å². The van der Waals surface area contributed by atoms with Gasteiger partial charge in [-0.2, -0.15) is 0 Å². The number of alkyl halides is 4. The molecule has 20 heavy (non-hydrogen) atoms. The highest BCUT2D eigenvalue weighted by Gasteiger charge is 2.46. The molecule has 0 spiro atoms. The Morgan fingerprint density at radius 3 is 1.95 bits per heavy atom. The Kier molecular flexibility index (Phi) is 3.64. The summed E-state index contributed by atoms with van der Waals surface area (Å²) in [5, 5.41) is 4.63. The summed E-state index contributed by atoms with van der Waals surface area (Å²) in [5.74, 6) is -7.40. The first-order valence-electron chi connectivity index (χ1n) is 6.20. The van der Waals surface area contributed by atoms with Crippen LogP contribution in [0.2, 0.25) is 0 Å². The quantitative estimate of drug-likeness (QED) is 0.603.